The molecule has 0 saturated carbocycles. The lowest BCUT2D eigenvalue weighted by molar-refractivity contribution is -0.135. The van der Waals surface area contributed by atoms with Gasteiger partial charge in [-0.15, -0.1) is 0 Å². The van der Waals surface area contributed by atoms with Crippen molar-refractivity contribution < 1.29 is 23.8 Å². The summed E-state index contributed by atoms with van der Waals surface area (Å²) in [6, 6.07) is 23.3. The molecule has 0 spiro atoms. The van der Waals surface area contributed by atoms with E-state index in [-0.39, 0.29) is 24.5 Å². The molecule has 0 radical (unpaired) electrons. The number of fused-ring (bicyclic) bond motifs is 1. The molecule has 35 heavy (non-hydrogen) atoms. The number of carbonyl (C=O) groups excluding carboxylic acids is 2. The van der Waals surface area contributed by atoms with Crippen molar-refractivity contribution in [1.29, 1.82) is 0 Å². The third kappa shape index (κ3) is 5.40. The molecule has 3 aromatic carbocycles. The number of piperidine rings is 1. The van der Waals surface area contributed by atoms with Gasteiger partial charge >= 0.3 is 0 Å². The van der Waals surface area contributed by atoms with Gasteiger partial charge in [0.05, 0.1) is 13.0 Å². The van der Waals surface area contributed by atoms with Crippen molar-refractivity contribution in [3.63, 3.8) is 0 Å². The fourth-order valence-electron chi connectivity index (χ4n) is 4.46. The van der Waals surface area contributed by atoms with Crippen LogP contribution in [0, 0.1) is 5.92 Å². The highest BCUT2D eigenvalue weighted by atomic mass is 16.7. The van der Waals surface area contributed by atoms with E-state index in [2.05, 4.69) is 5.32 Å². The first-order valence-electron chi connectivity index (χ1n) is 11.9. The number of rotatable bonds is 7. The summed E-state index contributed by atoms with van der Waals surface area (Å²) in [4.78, 5) is 27.3. The van der Waals surface area contributed by atoms with Crippen molar-refractivity contribution in [3.05, 3.63) is 72.8 Å². The van der Waals surface area contributed by atoms with Crippen molar-refractivity contribution in [2.24, 2.45) is 5.92 Å². The summed E-state index contributed by atoms with van der Waals surface area (Å²) in [6.45, 7) is 1.65. The summed E-state index contributed by atoms with van der Waals surface area (Å²) >= 11 is 0. The Labute approximate surface area is 204 Å². The predicted octanol–water partition coefficient (Wildman–Crippen LogP) is 4.73. The van der Waals surface area contributed by atoms with Gasteiger partial charge in [0, 0.05) is 36.3 Å². The molecule has 1 saturated heterocycles. The van der Waals surface area contributed by atoms with Gasteiger partial charge in [0.25, 0.3) is 0 Å². The number of amides is 2. The summed E-state index contributed by atoms with van der Waals surface area (Å²) in [5.74, 6) is 1.98. The van der Waals surface area contributed by atoms with Crippen LogP contribution in [0.5, 0.6) is 17.2 Å². The average molecular weight is 473 g/mol. The maximum absolute atomic E-state index is 12.7. The van der Waals surface area contributed by atoms with E-state index in [1.165, 1.54) is 0 Å². The third-order valence-electron chi connectivity index (χ3n) is 6.40. The fourth-order valence-corrected chi connectivity index (χ4v) is 4.46. The van der Waals surface area contributed by atoms with E-state index in [0.717, 1.165) is 16.9 Å². The molecule has 2 amide bonds. The minimum atomic E-state index is -0.126. The minimum Gasteiger partial charge on any atom is -0.492 e. The maximum Gasteiger partial charge on any atom is 0.231 e. The largest absolute Gasteiger partial charge is 0.492 e. The van der Waals surface area contributed by atoms with Gasteiger partial charge in [-0.2, -0.15) is 0 Å². The van der Waals surface area contributed by atoms with Crippen molar-refractivity contribution in [2.75, 3.05) is 31.8 Å². The van der Waals surface area contributed by atoms with Crippen LogP contribution in [0.25, 0.3) is 11.1 Å². The molecule has 2 aliphatic rings. The van der Waals surface area contributed by atoms with Gasteiger partial charge in [0.1, 0.15) is 5.75 Å². The first-order valence-corrected chi connectivity index (χ1v) is 11.9. The van der Waals surface area contributed by atoms with Crippen LogP contribution < -0.4 is 19.5 Å². The highest BCUT2D eigenvalue weighted by Crippen LogP contribution is 2.34. The summed E-state index contributed by atoms with van der Waals surface area (Å²) in [5, 5.41) is 2.96. The zero-order valence-electron chi connectivity index (χ0n) is 19.4. The summed E-state index contributed by atoms with van der Waals surface area (Å²) in [5.41, 5.74) is 2.77. The molecule has 0 unspecified atom stereocenters. The monoisotopic (exact) mass is 472 g/mol. The number of carbonyl (C=O) groups is 2. The molecule has 1 N–H and O–H groups in total. The van der Waals surface area contributed by atoms with Crippen molar-refractivity contribution in [3.8, 4) is 28.4 Å². The van der Waals surface area contributed by atoms with E-state index >= 15 is 0 Å². The molecular weight excluding hydrogens is 444 g/mol. The molecule has 0 bridgehead atoms. The van der Waals surface area contributed by atoms with Gasteiger partial charge < -0.3 is 24.4 Å². The Kier molecular flexibility index (Phi) is 6.84. The topological polar surface area (TPSA) is 77.1 Å². The average Bonchev–Trinajstić information content (AvgIpc) is 3.37. The Balaban J connectivity index is 1.08. The Hall–Kier alpha value is -4.00. The molecule has 3 aromatic rings. The lowest BCUT2D eigenvalue weighted by Crippen LogP contribution is -2.41. The first kappa shape index (κ1) is 22.8. The van der Waals surface area contributed by atoms with Crippen LogP contribution >= 0.6 is 0 Å². The molecular formula is C28H28N2O5. The van der Waals surface area contributed by atoms with Crippen molar-refractivity contribution in [2.45, 2.75) is 19.3 Å². The van der Waals surface area contributed by atoms with Crippen LogP contribution in [0.1, 0.15) is 19.3 Å². The maximum atomic E-state index is 12.7. The molecule has 2 heterocycles. The Morgan fingerprint density at radius 1 is 0.914 bits per heavy atom. The molecule has 0 aliphatic carbocycles. The van der Waals surface area contributed by atoms with Crippen LogP contribution in [-0.4, -0.2) is 43.2 Å². The van der Waals surface area contributed by atoms with Crippen molar-refractivity contribution >= 4 is 17.5 Å². The molecule has 7 heteroatoms. The molecule has 180 valence electrons. The molecule has 5 rings (SSSR count). The van der Waals surface area contributed by atoms with Crippen LogP contribution in [0.15, 0.2) is 72.8 Å². The number of benzene rings is 3. The number of hydrogen-bond donors (Lipinski definition) is 1. The highest BCUT2D eigenvalue weighted by Gasteiger charge is 2.27. The normalized spacial score (nSPS) is 15.0. The summed E-state index contributed by atoms with van der Waals surface area (Å²) < 4.78 is 16.7. The number of ether oxygens (including phenoxy) is 3. The van der Waals surface area contributed by atoms with Gasteiger partial charge in [0.15, 0.2) is 11.5 Å². The highest BCUT2D eigenvalue weighted by molar-refractivity contribution is 5.93. The van der Waals surface area contributed by atoms with Crippen molar-refractivity contribution in [1.82, 2.24) is 4.90 Å². The minimum absolute atomic E-state index is 0.0307. The number of nitrogens with zero attached hydrogens (tertiary/aromatic N) is 1. The van der Waals surface area contributed by atoms with Crippen LogP contribution in [0.2, 0.25) is 0 Å². The molecule has 2 aliphatic heterocycles. The number of hydrogen-bond acceptors (Lipinski definition) is 5. The molecule has 0 atom stereocenters. The quantitative estimate of drug-likeness (QED) is 0.538. The van der Waals surface area contributed by atoms with E-state index in [1.54, 1.807) is 18.2 Å². The second kappa shape index (κ2) is 10.5. The first-order chi connectivity index (χ1) is 17.2. The van der Waals surface area contributed by atoms with Gasteiger partial charge in [-0.05, 0) is 36.6 Å². The zero-order chi connectivity index (χ0) is 24.0. The van der Waals surface area contributed by atoms with E-state index in [0.29, 0.717) is 56.1 Å². The zero-order valence-corrected chi connectivity index (χ0v) is 19.4. The van der Waals surface area contributed by atoms with Crippen LogP contribution in [-0.2, 0) is 9.59 Å². The van der Waals surface area contributed by atoms with E-state index < -0.39 is 0 Å². The fraction of sp³-hybridized carbons (Fsp3) is 0.286. The Bertz CT molecular complexity index is 1190. The van der Waals surface area contributed by atoms with Gasteiger partial charge in [-0.25, -0.2) is 0 Å². The van der Waals surface area contributed by atoms with E-state index in [4.69, 9.17) is 14.2 Å². The summed E-state index contributed by atoms with van der Waals surface area (Å²) in [6.07, 6.45) is 1.58. The Morgan fingerprint density at radius 3 is 2.49 bits per heavy atom. The number of nitrogens with one attached hydrogen (secondary N) is 1. The van der Waals surface area contributed by atoms with Gasteiger partial charge in [-0.1, -0.05) is 48.5 Å². The third-order valence-corrected chi connectivity index (χ3v) is 6.40. The second-order valence-electron chi connectivity index (χ2n) is 8.67. The number of para-hydroxylation sites is 1. The SMILES string of the molecule is O=C(Nc1ccc2c(c1)OCO2)C1CCN(C(=O)CCOc2ccccc2-c2ccccc2)CC1. The molecule has 0 aromatic heterocycles. The molecule has 7 nitrogen and oxygen atoms in total. The number of anilines is 1. The Morgan fingerprint density at radius 2 is 1.66 bits per heavy atom. The summed E-state index contributed by atoms with van der Waals surface area (Å²) in [7, 11) is 0. The lowest BCUT2D eigenvalue weighted by Gasteiger charge is -2.31. The van der Waals surface area contributed by atoms with Crippen LogP contribution in [0.3, 0.4) is 0 Å². The second-order valence-corrected chi connectivity index (χ2v) is 8.67. The van der Waals surface area contributed by atoms with E-state index in [9.17, 15) is 9.59 Å². The van der Waals surface area contributed by atoms with Crippen LogP contribution in [0.4, 0.5) is 5.69 Å². The van der Waals surface area contributed by atoms with Gasteiger partial charge in [0.2, 0.25) is 18.6 Å². The smallest absolute Gasteiger partial charge is 0.231 e. The predicted molar refractivity (Wildman–Crippen MR) is 132 cm³/mol. The van der Waals surface area contributed by atoms with Gasteiger partial charge in [-0.3, -0.25) is 9.59 Å². The van der Waals surface area contributed by atoms with E-state index in [1.807, 2.05) is 59.5 Å². The molecule has 1 fully saturated rings. The lowest BCUT2D eigenvalue weighted by atomic mass is 9.95. The standard InChI is InChI=1S/C28H28N2O5/c31-27(14-17-33-24-9-5-4-8-23(24)20-6-2-1-3-7-20)30-15-12-21(13-16-30)28(32)29-22-10-11-25-26(18-22)35-19-34-25/h1-11,18,21H,12-17,19H2,(H,29,32). The number of likely N-dealkylation sites (tertiary alicyclic amines) is 1.